The van der Waals surface area contributed by atoms with Gasteiger partial charge in [-0.2, -0.15) is 0 Å². The van der Waals surface area contributed by atoms with Crippen molar-refractivity contribution in [1.82, 2.24) is 9.62 Å². The molecule has 0 saturated carbocycles. The zero-order valence-electron chi connectivity index (χ0n) is 16.4. The number of carbonyl (C=O) groups is 1. The lowest BCUT2D eigenvalue weighted by Gasteiger charge is -2.26. The number of rotatable bonds is 7. The first kappa shape index (κ1) is 22.7. The Morgan fingerprint density at radius 3 is 2.30 bits per heavy atom. The van der Waals surface area contributed by atoms with Gasteiger partial charge in [-0.15, -0.1) is 0 Å². The third-order valence-electron chi connectivity index (χ3n) is 4.81. The Labute approximate surface area is 181 Å². The molecule has 1 saturated heterocycles. The van der Waals surface area contributed by atoms with E-state index in [4.69, 9.17) is 11.6 Å². The van der Waals surface area contributed by atoms with Crippen molar-refractivity contribution >= 4 is 43.2 Å². The molecule has 8 nitrogen and oxygen atoms in total. The van der Waals surface area contributed by atoms with Gasteiger partial charge in [0.2, 0.25) is 26.0 Å². The molecule has 0 radical (unpaired) electrons. The Morgan fingerprint density at radius 2 is 1.77 bits per heavy atom. The molecule has 11 heteroatoms. The van der Waals surface area contributed by atoms with Crippen molar-refractivity contribution in [2.45, 2.75) is 17.4 Å². The van der Waals surface area contributed by atoms with Crippen LogP contribution in [0.15, 0.2) is 53.4 Å². The van der Waals surface area contributed by atoms with E-state index in [1.165, 1.54) is 24.3 Å². The first-order valence-electron chi connectivity index (χ1n) is 9.09. The maximum absolute atomic E-state index is 12.7. The molecule has 1 fully saturated rings. The van der Waals surface area contributed by atoms with Gasteiger partial charge in [0, 0.05) is 24.0 Å². The average Bonchev–Trinajstić information content (AvgIpc) is 2.95. The van der Waals surface area contributed by atoms with E-state index in [9.17, 15) is 21.6 Å². The standard InChI is InChI=1S/C19H22ClN3O5S2/c1-22(2)18(16-5-3-4-6-17(16)20)13-21-30(27,28)15-9-7-14(8-10-15)23-19(24)11-12-29(23,25)26/h3-10,18,21H,11-13H2,1-2H3/t18-/m1/s1. The monoisotopic (exact) mass is 471 g/mol. The van der Waals surface area contributed by atoms with E-state index in [1.54, 1.807) is 12.1 Å². The van der Waals surface area contributed by atoms with Crippen molar-refractivity contribution in [2.75, 3.05) is 30.7 Å². The number of benzene rings is 2. The molecule has 0 bridgehead atoms. The number of hydrogen-bond donors (Lipinski definition) is 1. The summed E-state index contributed by atoms with van der Waals surface area (Å²) in [7, 11) is -3.92. The summed E-state index contributed by atoms with van der Waals surface area (Å²) in [5.74, 6) is -0.779. The van der Waals surface area contributed by atoms with Crippen LogP contribution in [0, 0.1) is 0 Å². The Morgan fingerprint density at radius 1 is 1.13 bits per heavy atom. The fourth-order valence-corrected chi connectivity index (χ4v) is 5.98. The summed E-state index contributed by atoms with van der Waals surface area (Å²) in [4.78, 5) is 13.7. The lowest BCUT2D eigenvalue weighted by atomic mass is 10.1. The van der Waals surface area contributed by atoms with Gasteiger partial charge in [0.05, 0.1) is 16.3 Å². The number of nitrogens with zero attached hydrogens (tertiary/aromatic N) is 2. The van der Waals surface area contributed by atoms with Gasteiger partial charge in [-0.3, -0.25) is 4.79 Å². The van der Waals surface area contributed by atoms with Gasteiger partial charge in [0.25, 0.3) is 0 Å². The summed E-state index contributed by atoms with van der Waals surface area (Å²) in [6, 6.07) is 12.1. The third kappa shape index (κ3) is 4.68. The third-order valence-corrected chi connectivity index (χ3v) is 8.29. The summed E-state index contributed by atoms with van der Waals surface area (Å²) >= 11 is 6.26. The van der Waals surface area contributed by atoms with Gasteiger partial charge in [-0.05, 0) is 50.0 Å². The predicted molar refractivity (Wildman–Crippen MR) is 115 cm³/mol. The molecule has 1 aliphatic heterocycles. The largest absolute Gasteiger partial charge is 0.301 e. The van der Waals surface area contributed by atoms with Crippen LogP contribution in [0.25, 0.3) is 0 Å². The van der Waals surface area contributed by atoms with Crippen LogP contribution in [-0.4, -0.2) is 54.0 Å². The molecule has 2 aromatic rings. The first-order valence-corrected chi connectivity index (χ1v) is 12.6. The number of sulfonamides is 2. The molecule has 0 spiro atoms. The second kappa shape index (κ2) is 8.64. The second-order valence-electron chi connectivity index (χ2n) is 7.07. The zero-order valence-corrected chi connectivity index (χ0v) is 18.8. The first-order chi connectivity index (χ1) is 14.0. The SMILES string of the molecule is CN(C)[C@H](CNS(=O)(=O)c1ccc(N2C(=O)CCS2(=O)=O)cc1)c1ccccc1Cl. The Kier molecular flexibility index (Phi) is 6.54. The fraction of sp³-hybridized carbons (Fsp3) is 0.316. The summed E-state index contributed by atoms with van der Waals surface area (Å²) in [6.45, 7) is 0.0831. The van der Waals surface area contributed by atoms with E-state index >= 15 is 0 Å². The Balaban J connectivity index is 1.79. The van der Waals surface area contributed by atoms with Gasteiger partial charge < -0.3 is 4.90 Å². The lowest BCUT2D eigenvalue weighted by molar-refractivity contribution is -0.116. The molecule has 1 aliphatic rings. The molecule has 1 amide bonds. The molecular weight excluding hydrogens is 450 g/mol. The minimum atomic E-state index is -3.86. The number of carbonyl (C=O) groups excluding carboxylic acids is 1. The average molecular weight is 472 g/mol. The van der Waals surface area contributed by atoms with Crippen molar-refractivity contribution in [1.29, 1.82) is 0 Å². The van der Waals surface area contributed by atoms with Crippen molar-refractivity contribution in [3.63, 3.8) is 0 Å². The van der Waals surface area contributed by atoms with Gasteiger partial charge >= 0.3 is 0 Å². The predicted octanol–water partition coefficient (Wildman–Crippen LogP) is 1.99. The Bertz CT molecular complexity index is 1150. The lowest BCUT2D eigenvalue weighted by Crippen LogP contribution is -2.34. The van der Waals surface area contributed by atoms with E-state index in [2.05, 4.69) is 4.72 Å². The number of halogens is 1. The zero-order chi connectivity index (χ0) is 22.1. The minimum Gasteiger partial charge on any atom is -0.301 e. The van der Waals surface area contributed by atoms with E-state index in [0.29, 0.717) is 5.02 Å². The summed E-state index contributed by atoms with van der Waals surface area (Å²) in [5, 5.41) is 0.538. The number of amides is 1. The topological polar surface area (TPSA) is 104 Å². The highest BCUT2D eigenvalue weighted by Crippen LogP contribution is 2.28. The molecule has 0 aliphatic carbocycles. The van der Waals surface area contributed by atoms with Gasteiger partial charge in [-0.1, -0.05) is 29.8 Å². The minimum absolute atomic E-state index is 0.0352. The van der Waals surface area contributed by atoms with Crippen LogP contribution in [0.5, 0.6) is 0 Å². The Hall–Kier alpha value is -1.98. The fourth-order valence-electron chi connectivity index (χ4n) is 3.22. The molecule has 1 atom stereocenters. The maximum Gasteiger partial charge on any atom is 0.242 e. The van der Waals surface area contributed by atoms with Crippen molar-refractivity contribution < 1.29 is 21.6 Å². The normalized spacial score (nSPS) is 17.5. The maximum atomic E-state index is 12.7. The molecular formula is C19H22ClN3O5S2. The molecule has 0 unspecified atom stereocenters. The molecule has 1 heterocycles. The van der Waals surface area contributed by atoms with Crippen LogP contribution in [0.4, 0.5) is 5.69 Å². The highest BCUT2D eigenvalue weighted by Gasteiger charge is 2.36. The van der Waals surface area contributed by atoms with Crippen LogP contribution in [0.2, 0.25) is 5.02 Å². The molecule has 0 aromatic heterocycles. The summed E-state index contributed by atoms with van der Waals surface area (Å²) in [6.07, 6.45) is -0.0854. The van der Waals surface area contributed by atoms with Crippen LogP contribution in [-0.2, 0) is 24.8 Å². The van der Waals surface area contributed by atoms with E-state index < -0.39 is 26.0 Å². The molecule has 30 heavy (non-hydrogen) atoms. The van der Waals surface area contributed by atoms with E-state index in [-0.39, 0.29) is 35.3 Å². The highest BCUT2D eigenvalue weighted by atomic mass is 35.5. The second-order valence-corrected chi connectivity index (χ2v) is 11.2. The number of anilines is 1. The highest BCUT2D eigenvalue weighted by molar-refractivity contribution is 7.94. The smallest absolute Gasteiger partial charge is 0.242 e. The van der Waals surface area contributed by atoms with Gasteiger partial charge in [0.15, 0.2) is 0 Å². The quantitative estimate of drug-likeness (QED) is 0.662. The van der Waals surface area contributed by atoms with Crippen LogP contribution >= 0.6 is 11.6 Å². The van der Waals surface area contributed by atoms with E-state index in [0.717, 1.165) is 9.87 Å². The van der Waals surface area contributed by atoms with Crippen molar-refractivity contribution in [2.24, 2.45) is 0 Å². The molecule has 3 rings (SSSR count). The van der Waals surface area contributed by atoms with Gasteiger partial charge in [0.1, 0.15) is 0 Å². The van der Waals surface area contributed by atoms with E-state index in [1.807, 2.05) is 31.1 Å². The number of likely N-dealkylation sites (N-methyl/N-ethyl adjacent to an activating group) is 1. The summed E-state index contributed by atoms with van der Waals surface area (Å²) in [5.41, 5.74) is 0.915. The van der Waals surface area contributed by atoms with Crippen LogP contribution in [0.3, 0.4) is 0 Å². The van der Waals surface area contributed by atoms with Crippen LogP contribution < -0.4 is 9.03 Å². The van der Waals surface area contributed by atoms with Crippen molar-refractivity contribution in [3.8, 4) is 0 Å². The number of hydrogen-bond acceptors (Lipinski definition) is 6. The number of nitrogens with one attached hydrogen (secondary N) is 1. The molecule has 162 valence electrons. The van der Waals surface area contributed by atoms with Crippen LogP contribution in [0.1, 0.15) is 18.0 Å². The van der Waals surface area contributed by atoms with Gasteiger partial charge in [-0.25, -0.2) is 25.9 Å². The molecule has 2 aromatic carbocycles. The summed E-state index contributed by atoms with van der Waals surface area (Å²) < 4.78 is 52.8. The molecule has 1 N–H and O–H groups in total. The van der Waals surface area contributed by atoms with Crippen molar-refractivity contribution in [3.05, 3.63) is 59.1 Å².